The highest BCUT2D eigenvalue weighted by Crippen LogP contribution is 2.68. The van der Waals surface area contributed by atoms with Gasteiger partial charge in [-0.05, 0) is 117 Å². The van der Waals surface area contributed by atoms with Gasteiger partial charge in [0.15, 0.2) is 6.29 Å². The normalized spacial score (nSPS) is 42.3. The maximum atomic E-state index is 12.5. The van der Waals surface area contributed by atoms with Crippen LogP contribution in [0.15, 0.2) is 0 Å². The molecule has 0 aromatic heterocycles. The number of fused-ring (bicyclic) bond motifs is 5. The van der Waals surface area contributed by atoms with E-state index in [4.69, 9.17) is 14.2 Å². The van der Waals surface area contributed by atoms with Gasteiger partial charge in [-0.3, -0.25) is 9.59 Å². The van der Waals surface area contributed by atoms with Gasteiger partial charge in [0.2, 0.25) is 0 Å². The minimum absolute atomic E-state index is 0.0372. The van der Waals surface area contributed by atoms with Crippen molar-refractivity contribution in [3.8, 4) is 0 Å². The van der Waals surface area contributed by atoms with Crippen molar-refractivity contribution in [2.24, 2.45) is 52.3 Å². The van der Waals surface area contributed by atoms with Gasteiger partial charge < -0.3 is 24.4 Å². The molecular formula is C34H58O7. The number of aliphatic hydroxyl groups is 2. The van der Waals surface area contributed by atoms with Crippen molar-refractivity contribution >= 4 is 11.9 Å². The van der Waals surface area contributed by atoms with Crippen LogP contribution in [0.2, 0.25) is 0 Å². The first-order chi connectivity index (χ1) is 19.4. The molecule has 11 unspecified atom stereocenters. The zero-order valence-electron chi connectivity index (χ0n) is 26.8. The second-order valence-corrected chi connectivity index (χ2v) is 14.7. The summed E-state index contributed by atoms with van der Waals surface area (Å²) in [6.45, 7) is 15.2. The molecule has 236 valence electrons. The zero-order chi connectivity index (χ0) is 30.1. The van der Waals surface area contributed by atoms with Crippen LogP contribution in [0.4, 0.5) is 0 Å². The first-order valence-electron chi connectivity index (χ1n) is 16.7. The van der Waals surface area contributed by atoms with E-state index in [2.05, 4.69) is 20.8 Å². The van der Waals surface area contributed by atoms with Crippen LogP contribution in [-0.4, -0.2) is 53.4 Å². The first-order valence-corrected chi connectivity index (χ1v) is 16.7. The van der Waals surface area contributed by atoms with Crippen molar-refractivity contribution in [3.05, 3.63) is 0 Å². The second-order valence-electron chi connectivity index (χ2n) is 14.7. The molecule has 0 spiro atoms. The number of carbonyl (C=O) groups is 2. The third kappa shape index (κ3) is 6.38. The predicted molar refractivity (Wildman–Crippen MR) is 158 cm³/mol. The van der Waals surface area contributed by atoms with Crippen LogP contribution in [-0.2, 0) is 23.8 Å². The molecule has 0 aromatic carbocycles. The summed E-state index contributed by atoms with van der Waals surface area (Å²) in [6.07, 6.45) is 7.49. The van der Waals surface area contributed by atoms with E-state index in [-0.39, 0.29) is 58.5 Å². The van der Waals surface area contributed by atoms with Gasteiger partial charge in [0.1, 0.15) is 6.10 Å². The van der Waals surface area contributed by atoms with Crippen molar-refractivity contribution in [2.75, 3.05) is 6.61 Å². The predicted octanol–water partition coefficient (Wildman–Crippen LogP) is 6.28. The molecule has 7 nitrogen and oxygen atoms in total. The summed E-state index contributed by atoms with van der Waals surface area (Å²) in [5.41, 5.74) is -0.231. The Hall–Kier alpha value is -1.18. The first kappa shape index (κ1) is 32.7. The fourth-order valence-corrected chi connectivity index (χ4v) is 9.78. The van der Waals surface area contributed by atoms with Crippen LogP contribution in [0.5, 0.6) is 0 Å². The molecule has 0 saturated heterocycles. The molecule has 4 aliphatic rings. The number of esters is 2. The maximum Gasteiger partial charge on any atom is 0.308 e. The minimum Gasteiger partial charge on any atom is -0.462 e. The summed E-state index contributed by atoms with van der Waals surface area (Å²) in [5, 5.41) is 23.6. The lowest BCUT2D eigenvalue weighted by Gasteiger charge is -2.63. The highest BCUT2D eigenvalue weighted by molar-refractivity contribution is 5.72. The molecule has 41 heavy (non-hydrogen) atoms. The SMILES string of the molecule is CCCOC(C)OC(=O)CCC(C)C1CCC2C3C(O)CC4CC(OC(=O)C(C)CC)CC[C@]4(C)C3CC(O)[C@]12C. The van der Waals surface area contributed by atoms with Gasteiger partial charge in [-0.25, -0.2) is 0 Å². The molecule has 13 atom stereocenters. The average molecular weight is 579 g/mol. The monoisotopic (exact) mass is 578 g/mol. The Kier molecular flexibility index (Phi) is 10.5. The van der Waals surface area contributed by atoms with Crippen molar-refractivity contribution in [1.82, 2.24) is 0 Å². The largest absolute Gasteiger partial charge is 0.462 e. The number of ether oxygens (including phenoxy) is 3. The van der Waals surface area contributed by atoms with E-state index in [1.54, 1.807) is 6.92 Å². The number of aliphatic hydroxyl groups excluding tert-OH is 2. The van der Waals surface area contributed by atoms with Crippen molar-refractivity contribution < 1.29 is 34.0 Å². The molecule has 0 amide bonds. The minimum atomic E-state index is -0.525. The molecule has 4 fully saturated rings. The third-order valence-electron chi connectivity index (χ3n) is 12.5. The summed E-state index contributed by atoms with van der Waals surface area (Å²) in [4.78, 5) is 25.0. The van der Waals surface area contributed by atoms with Crippen LogP contribution < -0.4 is 0 Å². The molecule has 2 N–H and O–H groups in total. The van der Waals surface area contributed by atoms with E-state index in [9.17, 15) is 19.8 Å². The van der Waals surface area contributed by atoms with E-state index < -0.39 is 18.5 Å². The molecule has 4 aliphatic carbocycles. The molecule has 4 rings (SSSR count). The Bertz CT molecular complexity index is 908. The third-order valence-corrected chi connectivity index (χ3v) is 12.5. The Morgan fingerprint density at radius 3 is 2.39 bits per heavy atom. The number of carbonyl (C=O) groups excluding carboxylic acids is 2. The van der Waals surface area contributed by atoms with E-state index in [0.29, 0.717) is 24.9 Å². The van der Waals surface area contributed by atoms with E-state index in [0.717, 1.165) is 64.2 Å². The molecule has 0 heterocycles. The highest BCUT2D eigenvalue weighted by atomic mass is 16.7. The van der Waals surface area contributed by atoms with Gasteiger partial charge in [0.25, 0.3) is 0 Å². The van der Waals surface area contributed by atoms with Gasteiger partial charge in [-0.1, -0.05) is 41.5 Å². The lowest BCUT2D eigenvalue weighted by atomic mass is 9.43. The summed E-state index contributed by atoms with van der Waals surface area (Å²) in [6, 6.07) is 0. The van der Waals surface area contributed by atoms with Crippen molar-refractivity contribution in [3.63, 3.8) is 0 Å². The lowest BCUT2D eigenvalue weighted by Crippen LogP contribution is -2.62. The van der Waals surface area contributed by atoms with Crippen molar-refractivity contribution in [2.45, 2.75) is 144 Å². The molecule has 0 bridgehead atoms. The van der Waals surface area contributed by atoms with Crippen LogP contribution >= 0.6 is 0 Å². The number of hydrogen-bond acceptors (Lipinski definition) is 7. The van der Waals surface area contributed by atoms with Crippen molar-refractivity contribution in [1.29, 1.82) is 0 Å². The molecule has 0 radical (unpaired) electrons. The summed E-state index contributed by atoms with van der Waals surface area (Å²) >= 11 is 0. The van der Waals surface area contributed by atoms with Gasteiger partial charge in [0.05, 0.1) is 24.7 Å². The lowest BCUT2D eigenvalue weighted by molar-refractivity contribution is -0.210. The Morgan fingerprint density at radius 1 is 0.976 bits per heavy atom. The van der Waals surface area contributed by atoms with Crippen LogP contribution in [0, 0.1) is 52.3 Å². The Balaban J connectivity index is 1.41. The van der Waals surface area contributed by atoms with Crippen LogP contribution in [0.3, 0.4) is 0 Å². The molecule has 4 saturated carbocycles. The fraction of sp³-hybridized carbons (Fsp3) is 0.941. The molecular weight excluding hydrogens is 520 g/mol. The quantitative estimate of drug-likeness (QED) is 0.220. The Labute approximate surface area is 248 Å². The van der Waals surface area contributed by atoms with E-state index >= 15 is 0 Å². The molecule has 7 heteroatoms. The zero-order valence-corrected chi connectivity index (χ0v) is 26.8. The fourth-order valence-electron chi connectivity index (χ4n) is 9.78. The van der Waals surface area contributed by atoms with Crippen LogP contribution in [0.1, 0.15) is 119 Å². The standard InChI is InChI=1S/C34H58O7/c1-8-16-39-22(5)40-30(37)13-10-21(4)25-11-12-26-31-27(19-29(36)34(25,26)7)33(6)15-14-24(17-23(33)18-28(31)35)41-32(38)20(3)9-2/h20-29,31,35-36H,8-19H2,1-7H3/t20?,21?,22?,23?,24?,25?,26?,27?,28?,29?,31?,33-,34+/m0/s1. The summed E-state index contributed by atoms with van der Waals surface area (Å²) in [5.74, 6) is 1.19. The van der Waals surface area contributed by atoms with Gasteiger partial charge >= 0.3 is 11.9 Å². The van der Waals surface area contributed by atoms with Gasteiger partial charge in [-0.2, -0.15) is 0 Å². The smallest absolute Gasteiger partial charge is 0.308 e. The van der Waals surface area contributed by atoms with E-state index in [1.807, 2.05) is 20.8 Å². The Morgan fingerprint density at radius 2 is 1.71 bits per heavy atom. The van der Waals surface area contributed by atoms with E-state index in [1.165, 1.54) is 0 Å². The molecule has 0 aliphatic heterocycles. The molecule has 0 aromatic rings. The van der Waals surface area contributed by atoms with Crippen LogP contribution in [0.25, 0.3) is 0 Å². The number of hydrogen-bond donors (Lipinski definition) is 2. The summed E-state index contributed by atoms with van der Waals surface area (Å²) < 4.78 is 16.9. The average Bonchev–Trinajstić information content (AvgIpc) is 3.29. The number of rotatable bonds is 11. The maximum absolute atomic E-state index is 12.5. The topological polar surface area (TPSA) is 102 Å². The summed E-state index contributed by atoms with van der Waals surface area (Å²) in [7, 11) is 0. The second kappa shape index (κ2) is 13.2. The van der Waals surface area contributed by atoms with Gasteiger partial charge in [0, 0.05) is 6.42 Å². The highest BCUT2D eigenvalue weighted by Gasteiger charge is 2.65. The van der Waals surface area contributed by atoms with Gasteiger partial charge in [-0.15, -0.1) is 0 Å².